The zero-order valence-corrected chi connectivity index (χ0v) is 13.8. The molecular weight excluding hydrogens is 304 g/mol. The molecule has 1 aliphatic rings. The van der Waals surface area contributed by atoms with Gasteiger partial charge in [-0.25, -0.2) is 4.98 Å². The summed E-state index contributed by atoms with van der Waals surface area (Å²) in [5, 5.41) is 1.12. The van der Waals surface area contributed by atoms with Gasteiger partial charge in [-0.3, -0.25) is 0 Å². The molecule has 0 saturated heterocycles. The van der Waals surface area contributed by atoms with Crippen LogP contribution >= 0.6 is 12.2 Å². The number of benzene rings is 2. The van der Waals surface area contributed by atoms with Crippen LogP contribution in [0.25, 0.3) is 22.2 Å². The molecule has 1 aliphatic carbocycles. The van der Waals surface area contributed by atoms with Crippen molar-refractivity contribution in [1.29, 1.82) is 0 Å². The van der Waals surface area contributed by atoms with Crippen LogP contribution in [-0.2, 0) is 6.54 Å². The van der Waals surface area contributed by atoms with Crippen molar-refractivity contribution in [2.24, 2.45) is 5.92 Å². The van der Waals surface area contributed by atoms with Gasteiger partial charge in [0.1, 0.15) is 5.75 Å². The van der Waals surface area contributed by atoms with Gasteiger partial charge in [0.2, 0.25) is 4.77 Å². The summed E-state index contributed by atoms with van der Waals surface area (Å²) < 4.78 is 8.23. The highest BCUT2D eigenvalue weighted by atomic mass is 32.1. The molecule has 0 bridgehead atoms. The molecule has 4 heteroatoms. The molecule has 1 saturated carbocycles. The van der Waals surface area contributed by atoms with Crippen molar-refractivity contribution < 1.29 is 4.74 Å². The minimum absolute atomic E-state index is 0.650. The maximum atomic E-state index is 5.60. The number of hydrogen-bond donors (Lipinski definition) is 0. The first kappa shape index (κ1) is 14.4. The van der Waals surface area contributed by atoms with E-state index in [1.165, 1.54) is 12.8 Å². The van der Waals surface area contributed by atoms with Crippen LogP contribution in [0.3, 0.4) is 0 Å². The Balaban J connectivity index is 2.00. The van der Waals surface area contributed by atoms with Gasteiger partial charge in [0.05, 0.1) is 18.3 Å². The van der Waals surface area contributed by atoms with Crippen LogP contribution in [0, 0.1) is 10.7 Å². The van der Waals surface area contributed by atoms with Crippen molar-refractivity contribution in [2.45, 2.75) is 19.4 Å². The summed E-state index contributed by atoms with van der Waals surface area (Å²) in [6.07, 6.45) is 2.57. The van der Waals surface area contributed by atoms with E-state index < -0.39 is 0 Å². The van der Waals surface area contributed by atoms with E-state index in [4.69, 9.17) is 21.9 Å². The van der Waals surface area contributed by atoms with Gasteiger partial charge in [-0.05, 0) is 43.1 Å². The van der Waals surface area contributed by atoms with Crippen molar-refractivity contribution in [3.05, 3.63) is 53.3 Å². The summed E-state index contributed by atoms with van der Waals surface area (Å²) in [4.78, 5) is 4.74. The molecule has 1 aromatic heterocycles. The van der Waals surface area contributed by atoms with E-state index in [0.717, 1.165) is 40.4 Å². The molecule has 1 heterocycles. The first-order valence-electron chi connectivity index (χ1n) is 7.90. The lowest BCUT2D eigenvalue weighted by atomic mass is 10.1. The second-order valence-electron chi connectivity index (χ2n) is 6.05. The number of methoxy groups -OCH3 is 1. The first-order chi connectivity index (χ1) is 11.3. The average Bonchev–Trinajstić information content (AvgIpc) is 3.41. The van der Waals surface area contributed by atoms with Crippen molar-refractivity contribution in [3.63, 3.8) is 0 Å². The quantitative estimate of drug-likeness (QED) is 0.642. The van der Waals surface area contributed by atoms with Crippen molar-refractivity contribution in [3.8, 4) is 17.0 Å². The fourth-order valence-electron chi connectivity index (χ4n) is 2.93. The molecule has 0 N–H and O–H groups in total. The zero-order valence-electron chi connectivity index (χ0n) is 13.0. The third-order valence-electron chi connectivity index (χ3n) is 4.37. The van der Waals surface area contributed by atoms with Gasteiger partial charge < -0.3 is 9.30 Å². The number of ether oxygens (including phenoxy) is 1. The predicted octanol–water partition coefficient (Wildman–Crippen LogP) is 4.85. The smallest absolute Gasteiger partial charge is 0.200 e. The molecule has 0 radical (unpaired) electrons. The Morgan fingerprint density at radius 3 is 2.65 bits per heavy atom. The van der Waals surface area contributed by atoms with Crippen molar-refractivity contribution in [2.75, 3.05) is 7.11 Å². The monoisotopic (exact) mass is 322 g/mol. The minimum Gasteiger partial charge on any atom is -0.497 e. The molecule has 116 valence electrons. The number of rotatable bonds is 4. The van der Waals surface area contributed by atoms with E-state index in [1.54, 1.807) is 7.11 Å². The van der Waals surface area contributed by atoms with Crippen LogP contribution in [0.2, 0.25) is 0 Å². The summed E-state index contributed by atoms with van der Waals surface area (Å²) in [6.45, 7) is 0.949. The third-order valence-corrected chi connectivity index (χ3v) is 4.69. The second kappa shape index (κ2) is 5.78. The van der Waals surface area contributed by atoms with Crippen LogP contribution in [0.15, 0.2) is 48.5 Å². The number of nitrogens with zero attached hydrogens (tertiary/aromatic N) is 2. The highest BCUT2D eigenvalue weighted by Gasteiger charge is 2.23. The summed E-state index contributed by atoms with van der Waals surface area (Å²) in [5.74, 6) is 1.59. The van der Waals surface area contributed by atoms with E-state index in [2.05, 4.69) is 28.8 Å². The van der Waals surface area contributed by atoms with Crippen molar-refractivity contribution >= 4 is 23.1 Å². The van der Waals surface area contributed by atoms with Gasteiger partial charge >= 0.3 is 0 Å². The van der Waals surface area contributed by atoms with Crippen LogP contribution < -0.4 is 4.74 Å². The Hall–Kier alpha value is -2.20. The fourth-order valence-corrected chi connectivity index (χ4v) is 3.20. The van der Waals surface area contributed by atoms with Crippen LogP contribution in [0.5, 0.6) is 5.75 Å². The topological polar surface area (TPSA) is 27.1 Å². The van der Waals surface area contributed by atoms with E-state index in [-0.39, 0.29) is 0 Å². The molecule has 1 fully saturated rings. The Bertz CT molecular complexity index is 914. The van der Waals surface area contributed by atoms with Gasteiger partial charge in [-0.2, -0.15) is 0 Å². The van der Waals surface area contributed by atoms with Gasteiger partial charge in [0.25, 0.3) is 0 Å². The number of fused-ring (bicyclic) bond motifs is 1. The zero-order chi connectivity index (χ0) is 15.8. The Kier molecular flexibility index (Phi) is 3.62. The van der Waals surface area contributed by atoms with Crippen LogP contribution in [0.4, 0.5) is 0 Å². The lowest BCUT2D eigenvalue weighted by molar-refractivity contribution is 0.415. The van der Waals surface area contributed by atoms with E-state index in [0.29, 0.717) is 4.77 Å². The van der Waals surface area contributed by atoms with Crippen LogP contribution in [0.1, 0.15) is 12.8 Å². The van der Waals surface area contributed by atoms with Gasteiger partial charge in [-0.15, -0.1) is 0 Å². The largest absolute Gasteiger partial charge is 0.497 e. The minimum atomic E-state index is 0.650. The number of hydrogen-bond acceptors (Lipinski definition) is 3. The molecule has 0 aliphatic heterocycles. The standard InChI is InChI=1S/C19H18N2OS/c1-22-15-9-10-16-17(11-15)21(12-13-7-8-13)19(23)20-18(16)14-5-3-2-4-6-14/h2-6,9-11,13H,7-8,12H2,1H3. The molecule has 0 unspecified atom stereocenters. The Morgan fingerprint density at radius 1 is 1.17 bits per heavy atom. The molecule has 3 nitrogen and oxygen atoms in total. The van der Waals surface area contributed by atoms with Gasteiger partial charge in [-0.1, -0.05) is 30.3 Å². The summed E-state index contributed by atoms with van der Waals surface area (Å²) in [5.41, 5.74) is 3.14. The van der Waals surface area contributed by atoms with E-state index in [9.17, 15) is 0 Å². The summed E-state index contributed by atoms with van der Waals surface area (Å²) in [7, 11) is 1.69. The maximum absolute atomic E-state index is 5.60. The lowest BCUT2D eigenvalue weighted by Crippen LogP contribution is -2.07. The lowest BCUT2D eigenvalue weighted by Gasteiger charge is -2.15. The van der Waals surface area contributed by atoms with E-state index >= 15 is 0 Å². The predicted molar refractivity (Wildman–Crippen MR) is 95.3 cm³/mol. The first-order valence-corrected chi connectivity index (χ1v) is 8.31. The average molecular weight is 322 g/mol. The molecule has 0 spiro atoms. The molecule has 4 rings (SSSR count). The van der Waals surface area contributed by atoms with Crippen molar-refractivity contribution in [1.82, 2.24) is 9.55 Å². The Morgan fingerprint density at radius 2 is 1.96 bits per heavy atom. The maximum Gasteiger partial charge on any atom is 0.200 e. The molecule has 0 atom stereocenters. The molecular formula is C19H18N2OS. The third kappa shape index (κ3) is 2.75. The van der Waals surface area contributed by atoms with Crippen LogP contribution in [-0.4, -0.2) is 16.7 Å². The van der Waals surface area contributed by atoms with Gasteiger partial charge in [0.15, 0.2) is 0 Å². The number of aromatic nitrogens is 2. The SMILES string of the molecule is COc1ccc2c(-c3ccccc3)nc(=S)n(CC3CC3)c2c1. The van der Waals surface area contributed by atoms with E-state index in [1.807, 2.05) is 24.3 Å². The highest BCUT2D eigenvalue weighted by molar-refractivity contribution is 7.71. The molecule has 23 heavy (non-hydrogen) atoms. The van der Waals surface area contributed by atoms with Gasteiger partial charge in [0, 0.05) is 23.6 Å². The second-order valence-corrected chi connectivity index (χ2v) is 6.41. The summed E-state index contributed by atoms with van der Waals surface area (Å²) in [6, 6.07) is 16.4. The highest BCUT2D eigenvalue weighted by Crippen LogP contribution is 2.34. The molecule has 3 aromatic rings. The normalized spacial score (nSPS) is 14.1. The molecule has 2 aromatic carbocycles. The molecule has 0 amide bonds. The fraction of sp³-hybridized carbons (Fsp3) is 0.263. The Labute approximate surface area is 140 Å². The summed E-state index contributed by atoms with van der Waals surface area (Å²) >= 11 is 5.60.